The molecule has 1 aliphatic heterocycles. The minimum absolute atomic E-state index is 0.0195. The predicted molar refractivity (Wildman–Crippen MR) is 80.5 cm³/mol. The van der Waals surface area contributed by atoms with Crippen molar-refractivity contribution in [1.29, 1.82) is 0 Å². The van der Waals surface area contributed by atoms with Crippen LogP contribution in [0, 0.1) is 0 Å². The molecule has 1 aromatic rings. The summed E-state index contributed by atoms with van der Waals surface area (Å²) >= 11 is 0. The van der Waals surface area contributed by atoms with E-state index < -0.39 is 0 Å². The lowest BCUT2D eigenvalue weighted by atomic mass is 9.95. The molecule has 1 saturated heterocycles. The van der Waals surface area contributed by atoms with Gasteiger partial charge in [-0.3, -0.25) is 0 Å². The van der Waals surface area contributed by atoms with Crippen molar-refractivity contribution in [2.45, 2.75) is 58.2 Å². The molecule has 1 aromatic carbocycles. The van der Waals surface area contributed by atoms with Gasteiger partial charge in [-0.25, -0.2) is 0 Å². The molecule has 0 bridgehead atoms. The van der Waals surface area contributed by atoms with Crippen LogP contribution in [0.2, 0.25) is 0 Å². The first-order valence-electron chi connectivity index (χ1n) is 7.52. The first kappa shape index (κ1) is 14.5. The average Bonchev–Trinajstić information content (AvgIpc) is 2.39. The minimum atomic E-state index is -0.0195. The summed E-state index contributed by atoms with van der Waals surface area (Å²) in [5, 5.41) is 3.52. The summed E-state index contributed by atoms with van der Waals surface area (Å²) in [6.07, 6.45) is 2.46. The normalized spacial score (nSPS) is 27.7. The molecule has 2 heteroatoms. The van der Waals surface area contributed by atoms with Crippen LogP contribution in [-0.2, 0) is 4.74 Å². The van der Waals surface area contributed by atoms with Crippen molar-refractivity contribution in [1.82, 2.24) is 5.32 Å². The van der Waals surface area contributed by atoms with Crippen molar-refractivity contribution in [3.05, 3.63) is 35.4 Å². The Hall–Kier alpha value is -0.860. The molecule has 2 unspecified atom stereocenters. The SMILES string of the molecule is CCCC1(C)CNCC(c2ccc(C(C)C)cc2)O1. The third-order valence-electron chi connectivity index (χ3n) is 4.01. The van der Waals surface area contributed by atoms with E-state index in [0.29, 0.717) is 5.92 Å². The van der Waals surface area contributed by atoms with Gasteiger partial charge in [-0.2, -0.15) is 0 Å². The molecule has 0 aliphatic carbocycles. The van der Waals surface area contributed by atoms with E-state index in [1.165, 1.54) is 11.1 Å². The van der Waals surface area contributed by atoms with Gasteiger partial charge in [0.25, 0.3) is 0 Å². The first-order chi connectivity index (χ1) is 9.04. The van der Waals surface area contributed by atoms with Gasteiger partial charge in [0.1, 0.15) is 0 Å². The Labute approximate surface area is 117 Å². The summed E-state index contributed by atoms with van der Waals surface area (Å²) in [7, 11) is 0. The van der Waals surface area contributed by atoms with Gasteiger partial charge in [-0.05, 0) is 30.4 Å². The van der Waals surface area contributed by atoms with Crippen LogP contribution < -0.4 is 5.32 Å². The number of rotatable bonds is 4. The van der Waals surface area contributed by atoms with Crippen LogP contribution >= 0.6 is 0 Å². The number of hydrogen-bond acceptors (Lipinski definition) is 2. The van der Waals surface area contributed by atoms with E-state index in [9.17, 15) is 0 Å². The Morgan fingerprint density at radius 2 is 2.00 bits per heavy atom. The molecule has 1 aliphatic rings. The lowest BCUT2D eigenvalue weighted by Crippen LogP contribution is -2.48. The van der Waals surface area contributed by atoms with E-state index in [1.807, 2.05) is 0 Å². The standard InChI is InChI=1S/C17H27NO/c1-5-10-17(4)12-18-11-16(19-17)15-8-6-14(7-9-15)13(2)3/h6-9,13,16,18H,5,10-12H2,1-4H3. The Morgan fingerprint density at radius 1 is 1.32 bits per heavy atom. The maximum Gasteiger partial charge on any atom is 0.0957 e. The van der Waals surface area contributed by atoms with Crippen molar-refractivity contribution < 1.29 is 4.74 Å². The molecule has 1 N–H and O–H groups in total. The molecule has 19 heavy (non-hydrogen) atoms. The molecular formula is C17H27NO. The lowest BCUT2D eigenvalue weighted by Gasteiger charge is -2.39. The molecule has 2 nitrogen and oxygen atoms in total. The van der Waals surface area contributed by atoms with E-state index >= 15 is 0 Å². The molecule has 0 spiro atoms. The Bertz CT molecular complexity index is 394. The highest BCUT2D eigenvalue weighted by molar-refractivity contribution is 5.26. The van der Waals surface area contributed by atoms with Crippen LogP contribution in [0.25, 0.3) is 0 Å². The molecule has 0 aromatic heterocycles. The van der Waals surface area contributed by atoms with Crippen LogP contribution in [0.1, 0.15) is 63.7 Å². The fourth-order valence-corrected chi connectivity index (χ4v) is 2.85. The van der Waals surface area contributed by atoms with Gasteiger partial charge in [0.15, 0.2) is 0 Å². The maximum absolute atomic E-state index is 6.34. The van der Waals surface area contributed by atoms with Crippen molar-refractivity contribution in [3.8, 4) is 0 Å². The van der Waals surface area contributed by atoms with Crippen LogP contribution in [0.15, 0.2) is 24.3 Å². The molecule has 1 heterocycles. The zero-order valence-electron chi connectivity index (χ0n) is 12.7. The van der Waals surface area contributed by atoms with Crippen LogP contribution in [0.4, 0.5) is 0 Å². The monoisotopic (exact) mass is 261 g/mol. The number of morpholine rings is 1. The van der Waals surface area contributed by atoms with Crippen LogP contribution in [0.5, 0.6) is 0 Å². The fraction of sp³-hybridized carbons (Fsp3) is 0.647. The zero-order valence-corrected chi connectivity index (χ0v) is 12.7. The largest absolute Gasteiger partial charge is 0.365 e. The number of ether oxygens (including phenoxy) is 1. The van der Waals surface area contributed by atoms with E-state index in [4.69, 9.17) is 4.74 Å². The van der Waals surface area contributed by atoms with Gasteiger partial charge in [0.05, 0.1) is 11.7 Å². The van der Waals surface area contributed by atoms with E-state index in [0.717, 1.165) is 25.9 Å². The summed E-state index contributed by atoms with van der Waals surface area (Å²) in [4.78, 5) is 0. The van der Waals surface area contributed by atoms with Crippen molar-refractivity contribution in [2.24, 2.45) is 0 Å². The van der Waals surface area contributed by atoms with Crippen LogP contribution in [0.3, 0.4) is 0 Å². The van der Waals surface area contributed by atoms with Gasteiger partial charge in [0.2, 0.25) is 0 Å². The lowest BCUT2D eigenvalue weighted by molar-refractivity contribution is -0.112. The summed E-state index contributed by atoms with van der Waals surface area (Å²) in [5.74, 6) is 0.588. The summed E-state index contributed by atoms with van der Waals surface area (Å²) < 4.78 is 6.34. The zero-order chi connectivity index (χ0) is 13.9. The molecule has 2 rings (SSSR count). The van der Waals surface area contributed by atoms with Crippen molar-refractivity contribution >= 4 is 0 Å². The van der Waals surface area contributed by atoms with Crippen molar-refractivity contribution in [2.75, 3.05) is 13.1 Å². The number of benzene rings is 1. The quantitative estimate of drug-likeness (QED) is 0.883. The molecule has 0 saturated carbocycles. The Balaban J connectivity index is 2.08. The maximum atomic E-state index is 6.34. The third kappa shape index (κ3) is 3.58. The smallest absolute Gasteiger partial charge is 0.0957 e. The number of nitrogens with one attached hydrogen (secondary N) is 1. The molecular weight excluding hydrogens is 234 g/mol. The van der Waals surface area contributed by atoms with Gasteiger partial charge in [-0.15, -0.1) is 0 Å². The van der Waals surface area contributed by atoms with Crippen molar-refractivity contribution in [3.63, 3.8) is 0 Å². The summed E-state index contributed by atoms with van der Waals surface area (Å²) in [6.45, 7) is 10.8. The predicted octanol–water partition coefficient (Wildman–Crippen LogP) is 4.03. The van der Waals surface area contributed by atoms with E-state index in [-0.39, 0.29) is 11.7 Å². The van der Waals surface area contributed by atoms with Crippen LogP contribution in [-0.4, -0.2) is 18.7 Å². The topological polar surface area (TPSA) is 21.3 Å². The van der Waals surface area contributed by atoms with Gasteiger partial charge in [-0.1, -0.05) is 51.5 Å². The molecule has 0 amide bonds. The highest BCUT2D eigenvalue weighted by Gasteiger charge is 2.32. The second-order valence-electron chi connectivity index (χ2n) is 6.26. The van der Waals surface area contributed by atoms with Gasteiger partial charge >= 0.3 is 0 Å². The fourth-order valence-electron chi connectivity index (χ4n) is 2.85. The summed E-state index contributed by atoms with van der Waals surface area (Å²) in [6, 6.07) is 8.91. The number of hydrogen-bond donors (Lipinski definition) is 1. The second-order valence-corrected chi connectivity index (χ2v) is 6.26. The van der Waals surface area contributed by atoms with E-state index in [1.54, 1.807) is 0 Å². The van der Waals surface area contributed by atoms with Gasteiger partial charge < -0.3 is 10.1 Å². The average molecular weight is 261 g/mol. The highest BCUT2D eigenvalue weighted by Crippen LogP contribution is 2.30. The highest BCUT2D eigenvalue weighted by atomic mass is 16.5. The Morgan fingerprint density at radius 3 is 2.58 bits per heavy atom. The second kappa shape index (κ2) is 6.06. The van der Waals surface area contributed by atoms with Gasteiger partial charge in [0, 0.05) is 13.1 Å². The molecule has 1 fully saturated rings. The summed E-state index contributed by atoms with van der Waals surface area (Å²) in [5.41, 5.74) is 2.66. The van der Waals surface area contributed by atoms with E-state index in [2.05, 4.69) is 57.3 Å². The molecule has 106 valence electrons. The Kier molecular flexibility index (Phi) is 4.64. The third-order valence-corrected chi connectivity index (χ3v) is 4.01. The minimum Gasteiger partial charge on any atom is -0.365 e. The molecule has 2 atom stereocenters. The molecule has 0 radical (unpaired) electrons. The first-order valence-corrected chi connectivity index (χ1v) is 7.52.